The van der Waals surface area contributed by atoms with Crippen LogP contribution in [0.5, 0.6) is 0 Å². The number of nitrogens with zero attached hydrogens (tertiary/aromatic N) is 3. The van der Waals surface area contributed by atoms with E-state index in [4.69, 9.17) is 10.2 Å². The Morgan fingerprint density at radius 3 is 2.71 bits per heavy atom. The van der Waals surface area contributed by atoms with Crippen molar-refractivity contribution in [1.82, 2.24) is 14.5 Å². The molecule has 2 heterocycles. The molecule has 3 N–H and O–H groups in total. The maximum Gasteiger partial charge on any atom is 0.277 e. The van der Waals surface area contributed by atoms with Gasteiger partial charge in [0.25, 0.3) is 11.8 Å². The highest BCUT2D eigenvalue weighted by molar-refractivity contribution is 6.17. The molecule has 0 atom stereocenters. The SMILES string of the molecule is O=C1C=C(Nc2ccc3c(c2)ncn3CCCO)C(=O)N1CCO. The van der Waals surface area contributed by atoms with E-state index in [0.29, 0.717) is 18.7 Å². The molecule has 0 spiro atoms. The lowest BCUT2D eigenvalue weighted by Crippen LogP contribution is -2.34. The summed E-state index contributed by atoms with van der Waals surface area (Å²) in [4.78, 5) is 29.2. The highest BCUT2D eigenvalue weighted by atomic mass is 16.3. The molecule has 0 saturated carbocycles. The number of β-amino-alcohol motifs (C(OH)–C–C–N with tert-alkyl or cyclic N) is 1. The quantitative estimate of drug-likeness (QED) is 0.620. The number of hydrogen-bond donors (Lipinski definition) is 3. The molecule has 2 aromatic rings. The van der Waals surface area contributed by atoms with Crippen LogP contribution in [0, 0.1) is 0 Å². The minimum Gasteiger partial charge on any atom is -0.396 e. The van der Waals surface area contributed by atoms with Crippen LogP contribution >= 0.6 is 0 Å². The average Bonchev–Trinajstić information content (AvgIpc) is 3.09. The molecule has 1 aliphatic rings. The molecule has 3 rings (SSSR count). The number of carbonyl (C=O) groups excluding carboxylic acids is 2. The largest absolute Gasteiger partial charge is 0.396 e. The van der Waals surface area contributed by atoms with E-state index in [1.165, 1.54) is 6.08 Å². The van der Waals surface area contributed by atoms with Gasteiger partial charge in [0.05, 0.1) is 30.5 Å². The van der Waals surface area contributed by atoms with Crippen molar-refractivity contribution in [2.45, 2.75) is 13.0 Å². The van der Waals surface area contributed by atoms with Gasteiger partial charge in [0.1, 0.15) is 5.70 Å². The maximum atomic E-state index is 12.1. The fourth-order valence-electron chi connectivity index (χ4n) is 2.63. The molecule has 24 heavy (non-hydrogen) atoms. The van der Waals surface area contributed by atoms with Crippen molar-refractivity contribution in [3.05, 3.63) is 36.3 Å². The van der Waals surface area contributed by atoms with E-state index in [2.05, 4.69) is 10.3 Å². The number of rotatable bonds is 7. The van der Waals surface area contributed by atoms with Gasteiger partial charge in [-0.25, -0.2) is 4.98 Å². The summed E-state index contributed by atoms with van der Waals surface area (Å²) in [5.74, 6) is -0.895. The number of fused-ring (bicyclic) bond motifs is 1. The van der Waals surface area contributed by atoms with E-state index in [9.17, 15) is 9.59 Å². The van der Waals surface area contributed by atoms with Crippen LogP contribution in [0.1, 0.15) is 6.42 Å². The number of aliphatic hydroxyl groups is 2. The predicted octanol–water partition coefficient (Wildman–Crippen LogP) is 0.0756. The molecule has 0 radical (unpaired) electrons. The molecule has 1 aromatic carbocycles. The molecule has 126 valence electrons. The highest BCUT2D eigenvalue weighted by Crippen LogP contribution is 2.22. The zero-order valence-corrected chi connectivity index (χ0v) is 13.0. The van der Waals surface area contributed by atoms with Crippen molar-refractivity contribution < 1.29 is 19.8 Å². The molecule has 1 aliphatic heterocycles. The molecule has 8 nitrogen and oxygen atoms in total. The van der Waals surface area contributed by atoms with Crippen LogP contribution in [0.2, 0.25) is 0 Å². The lowest BCUT2D eigenvalue weighted by Gasteiger charge is -2.13. The zero-order valence-electron chi connectivity index (χ0n) is 13.0. The van der Waals surface area contributed by atoms with Gasteiger partial charge >= 0.3 is 0 Å². The maximum absolute atomic E-state index is 12.1. The fraction of sp³-hybridized carbons (Fsp3) is 0.312. The number of benzene rings is 1. The Labute approximate surface area is 138 Å². The molecule has 0 aliphatic carbocycles. The summed E-state index contributed by atoms with van der Waals surface area (Å²) in [6.45, 7) is 0.505. The van der Waals surface area contributed by atoms with Gasteiger partial charge in [-0.2, -0.15) is 0 Å². The van der Waals surface area contributed by atoms with Crippen molar-refractivity contribution in [2.75, 3.05) is 25.1 Å². The van der Waals surface area contributed by atoms with Crippen LogP contribution in [-0.4, -0.2) is 56.2 Å². The lowest BCUT2D eigenvalue weighted by atomic mass is 10.2. The van der Waals surface area contributed by atoms with E-state index in [1.807, 2.05) is 10.6 Å². The van der Waals surface area contributed by atoms with Crippen LogP contribution in [-0.2, 0) is 16.1 Å². The molecular formula is C16H18N4O4. The van der Waals surface area contributed by atoms with Gasteiger partial charge in [0.15, 0.2) is 0 Å². The second kappa shape index (κ2) is 6.81. The Morgan fingerprint density at radius 2 is 1.96 bits per heavy atom. The summed E-state index contributed by atoms with van der Waals surface area (Å²) in [7, 11) is 0. The van der Waals surface area contributed by atoms with Gasteiger partial charge < -0.3 is 20.1 Å². The second-order valence-electron chi connectivity index (χ2n) is 5.42. The molecule has 0 unspecified atom stereocenters. The summed E-state index contributed by atoms with van der Waals surface area (Å²) >= 11 is 0. The molecule has 1 aromatic heterocycles. The Bertz CT molecular complexity index is 812. The number of nitrogens with one attached hydrogen (secondary N) is 1. The molecule has 0 fully saturated rings. The zero-order chi connectivity index (χ0) is 17.1. The number of hydrogen-bond acceptors (Lipinski definition) is 6. The third kappa shape index (κ3) is 3.01. The van der Waals surface area contributed by atoms with Crippen LogP contribution in [0.4, 0.5) is 5.69 Å². The molecular weight excluding hydrogens is 312 g/mol. The first-order valence-corrected chi connectivity index (χ1v) is 7.65. The summed E-state index contributed by atoms with van der Waals surface area (Å²) in [5, 5.41) is 20.8. The highest BCUT2D eigenvalue weighted by Gasteiger charge is 2.30. The first-order valence-electron chi connectivity index (χ1n) is 7.65. The molecule has 2 amide bonds. The number of aryl methyl sites for hydroxylation is 1. The third-order valence-corrected chi connectivity index (χ3v) is 3.79. The van der Waals surface area contributed by atoms with Crippen molar-refractivity contribution in [3.63, 3.8) is 0 Å². The summed E-state index contributed by atoms with van der Waals surface area (Å²) in [5.41, 5.74) is 2.50. The Balaban J connectivity index is 1.78. The van der Waals surface area contributed by atoms with E-state index < -0.39 is 11.8 Å². The minimum atomic E-state index is -0.456. The number of imidazole rings is 1. The van der Waals surface area contributed by atoms with E-state index >= 15 is 0 Å². The van der Waals surface area contributed by atoms with Crippen molar-refractivity contribution in [3.8, 4) is 0 Å². The fourth-order valence-corrected chi connectivity index (χ4v) is 2.63. The van der Waals surface area contributed by atoms with Crippen LogP contribution in [0.3, 0.4) is 0 Å². The first-order chi connectivity index (χ1) is 11.6. The van der Waals surface area contributed by atoms with E-state index in [0.717, 1.165) is 15.9 Å². The second-order valence-corrected chi connectivity index (χ2v) is 5.42. The smallest absolute Gasteiger partial charge is 0.277 e. The van der Waals surface area contributed by atoms with E-state index in [-0.39, 0.29) is 25.5 Å². The summed E-state index contributed by atoms with van der Waals surface area (Å²) in [6, 6.07) is 5.46. The van der Waals surface area contributed by atoms with E-state index in [1.54, 1.807) is 18.5 Å². The van der Waals surface area contributed by atoms with Gasteiger partial charge in [-0.15, -0.1) is 0 Å². The Hall–Kier alpha value is -2.71. The molecule has 8 heteroatoms. The summed E-state index contributed by atoms with van der Waals surface area (Å²) in [6.07, 6.45) is 3.58. The minimum absolute atomic E-state index is 0.0202. The molecule has 0 bridgehead atoms. The van der Waals surface area contributed by atoms with Crippen molar-refractivity contribution in [2.24, 2.45) is 0 Å². The van der Waals surface area contributed by atoms with Crippen LogP contribution in [0.25, 0.3) is 11.0 Å². The molecule has 0 saturated heterocycles. The predicted molar refractivity (Wildman–Crippen MR) is 86.9 cm³/mol. The number of imide groups is 1. The number of aliphatic hydroxyl groups excluding tert-OH is 2. The van der Waals surface area contributed by atoms with Gasteiger partial charge in [-0.05, 0) is 24.6 Å². The number of aromatic nitrogens is 2. The van der Waals surface area contributed by atoms with Crippen molar-refractivity contribution >= 4 is 28.5 Å². The summed E-state index contributed by atoms with van der Waals surface area (Å²) < 4.78 is 1.95. The van der Waals surface area contributed by atoms with Gasteiger partial charge in [0.2, 0.25) is 0 Å². The monoisotopic (exact) mass is 330 g/mol. The number of carbonyl (C=O) groups is 2. The average molecular weight is 330 g/mol. The normalized spacial score (nSPS) is 14.6. The van der Waals surface area contributed by atoms with Gasteiger partial charge in [-0.1, -0.05) is 0 Å². The van der Waals surface area contributed by atoms with Crippen molar-refractivity contribution in [1.29, 1.82) is 0 Å². The Morgan fingerprint density at radius 1 is 1.12 bits per heavy atom. The van der Waals surface area contributed by atoms with Gasteiger partial charge in [-0.3, -0.25) is 14.5 Å². The number of anilines is 1. The standard InChI is InChI=1S/C16H18N4O4/c21-6-1-4-19-10-17-12-8-11(2-3-14(12)19)18-13-9-15(23)20(5-7-22)16(13)24/h2-3,8-10,18,21-22H,1,4-7H2. The lowest BCUT2D eigenvalue weighted by molar-refractivity contribution is -0.137. The van der Waals surface area contributed by atoms with Gasteiger partial charge in [0, 0.05) is 24.9 Å². The Kier molecular flexibility index (Phi) is 4.59. The number of amides is 2. The van der Waals surface area contributed by atoms with Crippen LogP contribution < -0.4 is 5.32 Å². The van der Waals surface area contributed by atoms with Crippen LogP contribution in [0.15, 0.2) is 36.3 Å². The first kappa shape index (κ1) is 16.2. The third-order valence-electron chi connectivity index (χ3n) is 3.79. The topological polar surface area (TPSA) is 108 Å².